The highest BCUT2D eigenvalue weighted by atomic mass is 16.2. The van der Waals surface area contributed by atoms with Gasteiger partial charge in [0, 0.05) is 78.0 Å². The molecule has 1 aliphatic heterocycles. The molecule has 0 atom stereocenters. The smallest absolute Gasteiger partial charge is 0.222 e. The van der Waals surface area contributed by atoms with E-state index < -0.39 is 0 Å². The molecule has 268 valence electrons. The summed E-state index contributed by atoms with van der Waals surface area (Å²) in [4.78, 5) is 60.8. The Labute approximate surface area is 279 Å². The highest BCUT2D eigenvalue weighted by molar-refractivity contribution is 5.78. The van der Waals surface area contributed by atoms with Crippen molar-refractivity contribution in [2.75, 3.05) is 78.5 Å². The molecule has 1 aliphatic rings. The van der Waals surface area contributed by atoms with Gasteiger partial charge < -0.3 is 42.5 Å². The van der Waals surface area contributed by atoms with Crippen molar-refractivity contribution in [1.82, 2.24) is 19.6 Å². The van der Waals surface area contributed by atoms with Crippen LogP contribution in [0.15, 0.2) is 0 Å². The number of amides is 4. The zero-order valence-corrected chi connectivity index (χ0v) is 28.9. The molecule has 46 heavy (non-hydrogen) atoms. The SMILES string of the molecule is NCCCCCC(=O)N1CCCN(C(=O)CCCCCN)CCN(C(=O)CCCCCN)CCCN(C(=O)CCCCCN)CC1. The Hall–Kier alpha value is -2.28. The number of carbonyl (C=O) groups is 4. The standard InChI is InChI=1S/C34H68N8O4/c35-19-9-1-5-15-31(43)39-23-13-24-41(33(45)17-7-3-11-21-37)29-30-42(34(46)18-8-4-12-22-38)26-14-25-40(28-27-39)32(44)16-6-2-10-20-36/h1-30,35-38H2. The van der Waals surface area contributed by atoms with Gasteiger partial charge in [-0.1, -0.05) is 25.7 Å². The van der Waals surface area contributed by atoms with Gasteiger partial charge in [-0.2, -0.15) is 0 Å². The van der Waals surface area contributed by atoms with Crippen molar-refractivity contribution in [3.63, 3.8) is 0 Å². The van der Waals surface area contributed by atoms with Gasteiger partial charge in [0.05, 0.1) is 0 Å². The van der Waals surface area contributed by atoms with E-state index in [1.165, 1.54) is 0 Å². The average Bonchev–Trinajstić information content (AvgIpc) is 3.05. The van der Waals surface area contributed by atoms with Crippen molar-refractivity contribution >= 4 is 23.6 Å². The van der Waals surface area contributed by atoms with Gasteiger partial charge in [-0.3, -0.25) is 19.2 Å². The Balaban J connectivity index is 3.10. The van der Waals surface area contributed by atoms with E-state index in [-0.39, 0.29) is 23.6 Å². The van der Waals surface area contributed by atoms with Crippen LogP contribution in [0.2, 0.25) is 0 Å². The van der Waals surface area contributed by atoms with Crippen LogP contribution in [0.1, 0.15) is 116 Å². The summed E-state index contributed by atoms with van der Waals surface area (Å²) in [6.45, 7) is 6.40. The van der Waals surface area contributed by atoms with Crippen molar-refractivity contribution in [3.8, 4) is 0 Å². The zero-order chi connectivity index (χ0) is 33.8. The van der Waals surface area contributed by atoms with Crippen molar-refractivity contribution < 1.29 is 19.2 Å². The molecule has 0 spiro atoms. The van der Waals surface area contributed by atoms with E-state index in [0.717, 1.165) is 77.0 Å². The van der Waals surface area contributed by atoms with E-state index in [2.05, 4.69) is 0 Å². The van der Waals surface area contributed by atoms with E-state index in [9.17, 15) is 19.2 Å². The first-order chi connectivity index (χ1) is 22.4. The second kappa shape index (κ2) is 27.8. The van der Waals surface area contributed by atoms with Crippen LogP contribution in [0, 0.1) is 0 Å². The molecule has 12 heteroatoms. The molecule has 8 N–H and O–H groups in total. The fourth-order valence-electron chi connectivity index (χ4n) is 5.85. The van der Waals surface area contributed by atoms with Gasteiger partial charge in [-0.15, -0.1) is 0 Å². The molecule has 4 amide bonds. The second-order valence-electron chi connectivity index (χ2n) is 12.6. The molecule has 0 bridgehead atoms. The van der Waals surface area contributed by atoms with Crippen molar-refractivity contribution in [1.29, 1.82) is 0 Å². The van der Waals surface area contributed by atoms with E-state index >= 15 is 0 Å². The van der Waals surface area contributed by atoms with Gasteiger partial charge in [-0.05, 0) is 90.4 Å². The van der Waals surface area contributed by atoms with Gasteiger partial charge >= 0.3 is 0 Å². The molecule has 0 saturated carbocycles. The Kier molecular flexibility index (Phi) is 25.2. The number of hydrogen-bond acceptors (Lipinski definition) is 8. The number of hydrogen-bond donors (Lipinski definition) is 4. The summed E-state index contributed by atoms with van der Waals surface area (Å²) in [5.74, 6) is 0.354. The summed E-state index contributed by atoms with van der Waals surface area (Å²) in [6.07, 6.45) is 13.5. The third-order valence-electron chi connectivity index (χ3n) is 8.78. The summed E-state index contributed by atoms with van der Waals surface area (Å²) < 4.78 is 0. The Morgan fingerprint density at radius 2 is 0.543 bits per heavy atom. The Morgan fingerprint density at radius 1 is 0.326 bits per heavy atom. The summed E-state index contributed by atoms with van der Waals surface area (Å²) in [7, 11) is 0. The molecule has 0 aromatic rings. The summed E-state index contributed by atoms with van der Waals surface area (Å²) in [6, 6.07) is 0. The molecular weight excluding hydrogens is 584 g/mol. The Bertz CT molecular complexity index is 701. The molecule has 0 aliphatic carbocycles. The lowest BCUT2D eigenvalue weighted by Gasteiger charge is -2.32. The zero-order valence-electron chi connectivity index (χ0n) is 28.9. The number of rotatable bonds is 20. The molecule has 12 nitrogen and oxygen atoms in total. The summed E-state index contributed by atoms with van der Waals surface area (Å²) in [5.41, 5.74) is 22.6. The molecule has 1 fully saturated rings. The van der Waals surface area contributed by atoms with E-state index in [0.29, 0.717) is 117 Å². The number of nitrogens with two attached hydrogens (primary N) is 4. The fraction of sp³-hybridized carbons (Fsp3) is 0.882. The van der Waals surface area contributed by atoms with Crippen LogP contribution in [0.5, 0.6) is 0 Å². The second-order valence-corrected chi connectivity index (χ2v) is 12.6. The highest BCUT2D eigenvalue weighted by Gasteiger charge is 2.22. The minimum Gasteiger partial charge on any atom is -0.341 e. The molecule has 0 radical (unpaired) electrons. The topological polar surface area (TPSA) is 185 Å². The van der Waals surface area contributed by atoms with E-state index in [1.54, 1.807) is 0 Å². The highest BCUT2D eigenvalue weighted by Crippen LogP contribution is 2.12. The first-order valence-corrected chi connectivity index (χ1v) is 18.3. The van der Waals surface area contributed by atoms with Crippen LogP contribution in [-0.4, -0.2) is 122 Å². The third-order valence-corrected chi connectivity index (χ3v) is 8.78. The molecule has 1 heterocycles. The van der Waals surface area contributed by atoms with E-state index in [1.807, 2.05) is 19.6 Å². The van der Waals surface area contributed by atoms with Crippen LogP contribution in [0.3, 0.4) is 0 Å². The number of carbonyl (C=O) groups excluding carboxylic acids is 4. The minimum absolute atomic E-state index is 0.0885. The molecular formula is C34H68N8O4. The molecule has 0 aromatic carbocycles. The van der Waals surface area contributed by atoms with Gasteiger partial charge in [0.15, 0.2) is 0 Å². The predicted octanol–water partition coefficient (Wildman–Crippen LogP) is 2.17. The molecule has 0 unspecified atom stereocenters. The molecule has 1 rings (SSSR count). The molecule has 1 saturated heterocycles. The van der Waals surface area contributed by atoms with Crippen LogP contribution < -0.4 is 22.9 Å². The van der Waals surface area contributed by atoms with Crippen molar-refractivity contribution in [3.05, 3.63) is 0 Å². The normalized spacial score (nSPS) is 15.6. The van der Waals surface area contributed by atoms with Crippen LogP contribution in [0.25, 0.3) is 0 Å². The number of nitrogens with zero attached hydrogens (tertiary/aromatic N) is 4. The summed E-state index contributed by atoms with van der Waals surface area (Å²) >= 11 is 0. The lowest BCUT2D eigenvalue weighted by Crippen LogP contribution is -2.46. The van der Waals surface area contributed by atoms with Crippen LogP contribution in [-0.2, 0) is 19.2 Å². The molecule has 0 aromatic heterocycles. The average molecular weight is 653 g/mol. The van der Waals surface area contributed by atoms with Gasteiger partial charge in [-0.25, -0.2) is 0 Å². The van der Waals surface area contributed by atoms with Crippen LogP contribution in [0.4, 0.5) is 0 Å². The number of unbranched alkanes of at least 4 members (excludes halogenated alkanes) is 8. The van der Waals surface area contributed by atoms with Crippen molar-refractivity contribution in [2.24, 2.45) is 22.9 Å². The maximum atomic E-state index is 13.3. The third kappa shape index (κ3) is 19.4. The maximum absolute atomic E-state index is 13.3. The van der Waals surface area contributed by atoms with Crippen LogP contribution >= 0.6 is 0 Å². The van der Waals surface area contributed by atoms with E-state index in [4.69, 9.17) is 22.9 Å². The van der Waals surface area contributed by atoms with Crippen molar-refractivity contribution in [2.45, 2.75) is 116 Å². The fourth-order valence-corrected chi connectivity index (χ4v) is 5.85. The summed E-state index contributed by atoms with van der Waals surface area (Å²) in [5, 5.41) is 0. The minimum atomic E-state index is 0.0885. The maximum Gasteiger partial charge on any atom is 0.222 e. The first-order valence-electron chi connectivity index (χ1n) is 18.3. The lowest BCUT2D eigenvalue weighted by atomic mass is 10.1. The predicted molar refractivity (Wildman–Crippen MR) is 186 cm³/mol. The Morgan fingerprint density at radius 3 is 0.739 bits per heavy atom. The lowest BCUT2D eigenvalue weighted by molar-refractivity contribution is -0.137. The van der Waals surface area contributed by atoms with Gasteiger partial charge in [0.1, 0.15) is 0 Å². The first kappa shape index (κ1) is 41.7. The van der Waals surface area contributed by atoms with Gasteiger partial charge in [0.2, 0.25) is 23.6 Å². The largest absolute Gasteiger partial charge is 0.341 e. The monoisotopic (exact) mass is 653 g/mol. The quantitative estimate of drug-likeness (QED) is 0.144. The van der Waals surface area contributed by atoms with Gasteiger partial charge in [0.25, 0.3) is 0 Å².